The standard InChI is InChI=1S/C13H21NS/c1-3-8-14-9-5-10-15-13-7-4-6-12(2)11-13/h4,6-7,11,14H,3,5,8-10H2,1-2H3. The fourth-order valence-electron chi connectivity index (χ4n) is 1.39. The summed E-state index contributed by atoms with van der Waals surface area (Å²) in [5, 5.41) is 3.42. The summed E-state index contributed by atoms with van der Waals surface area (Å²) in [7, 11) is 0. The quantitative estimate of drug-likeness (QED) is 0.561. The molecule has 15 heavy (non-hydrogen) atoms. The molecule has 0 saturated carbocycles. The normalized spacial score (nSPS) is 10.5. The molecule has 1 nitrogen and oxygen atoms in total. The van der Waals surface area contributed by atoms with Crippen LogP contribution >= 0.6 is 11.8 Å². The third-order valence-electron chi connectivity index (χ3n) is 2.18. The van der Waals surface area contributed by atoms with Crippen LogP contribution in [0, 0.1) is 6.92 Å². The molecule has 1 aromatic rings. The van der Waals surface area contributed by atoms with E-state index in [1.54, 1.807) is 0 Å². The van der Waals surface area contributed by atoms with Crippen molar-refractivity contribution in [2.24, 2.45) is 0 Å². The van der Waals surface area contributed by atoms with Crippen molar-refractivity contribution in [3.63, 3.8) is 0 Å². The van der Waals surface area contributed by atoms with Gasteiger partial charge in [-0.25, -0.2) is 0 Å². The van der Waals surface area contributed by atoms with Crippen molar-refractivity contribution in [1.82, 2.24) is 5.32 Å². The zero-order valence-corrected chi connectivity index (χ0v) is 10.6. The van der Waals surface area contributed by atoms with E-state index in [0.717, 1.165) is 13.1 Å². The Morgan fingerprint density at radius 3 is 2.87 bits per heavy atom. The van der Waals surface area contributed by atoms with E-state index in [1.165, 1.54) is 29.1 Å². The van der Waals surface area contributed by atoms with Crippen molar-refractivity contribution in [3.05, 3.63) is 29.8 Å². The molecular weight excluding hydrogens is 202 g/mol. The first kappa shape index (κ1) is 12.6. The summed E-state index contributed by atoms with van der Waals surface area (Å²) in [6.45, 7) is 6.64. The van der Waals surface area contributed by atoms with E-state index in [2.05, 4.69) is 43.4 Å². The molecule has 0 spiro atoms. The van der Waals surface area contributed by atoms with Gasteiger partial charge in [-0.15, -0.1) is 11.8 Å². The van der Waals surface area contributed by atoms with E-state index in [4.69, 9.17) is 0 Å². The fourth-order valence-corrected chi connectivity index (χ4v) is 2.36. The van der Waals surface area contributed by atoms with Crippen LogP contribution in [0.3, 0.4) is 0 Å². The number of thioether (sulfide) groups is 1. The lowest BCUT2D eigenvalue weighted by molar-refractivity contribution is 0.664. The number of benzene rings is 1. The summed E-state index contributed by atoms with van der Waals surface area (Å²) >= 11 is 1.95. The lowest BCUT2D eigenvalue weighted by Crippen LogP contribution is -2.16. The summed E-state index contributed by atoms with van der Waals surface area (Å²) in [5.74, 6) is 1.21. The minimum Gasteiger partial charge on any atom is -0.317 e. The van der Waals surface area contributed by atoms with Crippen LogP contribution in [0.25, 0.3) is 0 Å². The molecule has 0 atom stereocenters. The van der Waals surface area contributed by atoms with Gasteiger partial charge in [0, 0.05) is 4.90 Å². The first-order valence-corrected chi connectivity index (χ1v) is 6.71. The van der Waals surface area contributed by atoms with Gasteiger partial charge in [-0.1, -0.05) is 24.6 Å². The molecule has 0 aromatic heterocycles. The third kappa shape index (κ3) is 5.85. The minimum atomic E-state index is 1.15. The highest BCUT2D eigenvalue weighted by atomic mass is 32.2. The monoisotopic (exact) mass is 223 g/mol. The van der Waals surface area contributed by atoms with Crippen LogP contribution in [0.2, 0.25) is 0 Å². The molecule has 1 rings (SSSR count). The predicted octanol–water partition coefficient (Wildman–Crippen LogP) is 3.48. The van der Waals surface area contributed by atoms with Crippen LogP contribution in [0.5, 0.6) is 0 Å². The highest BCUT2D eigenvalue weighted by molar-refractivity contribution is 7.99. The molecule has 0 heterocycles. The van der Waals surface area contributed by atoms with E-state index in [0.29, 0.717) is 0 Å². The first-order chi connectivity index (χ1) is 7.33. The number of hydrogen-bond donors (Lipinski definition) is 1. The Balaban J connectivity index is 2.10. The highest BCUT2D eigenvalue weighted by Crippen LogP contribution is 2.19. The van der Waals surface area contributed by atoms with E-state index in [-0.39, 0.29) is 0 Å². The van der Waals surface area contributed by atoms with Crippen molar-refractivity contribution < 1.29 is 0 Å². The van der Waals surface area contributed by atoms with Crippen LogP contribution in [0.15, 0.2) is 29.2 Å². The average molecular weight is 223 g/mol. The predicted molar refractivity (Wildman–Crippen MR) is 69.7 cm³/mol. The molecule has 2 heteroatoms. The average Bonchev–Trinajstić information content (AvgIpc) is 2.23. The molecule has 0 unspecified atom stereocenters. The van der Waals surface area contributed by atoms with Crippen LogP contribution in [0.1, 0.15) is 25.3 Å². The van der Waals surface area contributed by atoms with E-state index >= 15 is 0 Å². The van der Waals surface area contributed by atoms with Crippen molar-refractivity contribution in [2.75, 3.05) is 18.8 Å². The molecule has 0 bridgehead atoms. The topological polar surface area (TPSA) is 12.0 Å². The van der Waals surface area contributed by atoms with Crippen molar-refractivity contribution in [1.29, 1.82) is 0 Å². The van der Waals surface area contributed by atoms with Gasteiger partial charge in [0.2, 0.25) is 0 Å². The first-order valence-electron chi connectivity index (χ1n) is 5.73. The second-order valence-corrected chi connectivity index (χ2v) is 4.94. The van der Waals surface area contributed by atoms with Gasteiger partial charge >= 0.3 is 0 Å². The molecule has 0 fully saturated rings. The summed E-state index contributed by atoms with van der Waals surface area (Å²) in [6.07, 6.45) is 2.48. The van der Waals surface area contributed by atoms with Crippen molar-refractivity contribution in [3.8, 4) is 0 Å². The number of nitrogens with one attached hydrogen (secondary N) is 1. The van der Waals surface area contributed by atoms with Crippen LogP contribution < -0.4 is 5.32 Å². The third-order valence-corrected chi connectivity index (χ3v) is 3.26. The number of rotatable bonds is 7. The van der Waals surface area contributed by atoms with Crippen LogP contribution in [0.4, 0.5) is 0 Å². The van der Waals surface area contributed by atoms with Gasteiger partial charge in [0.1, 0.15) is 0 Å². The Morgan fingerprint density at radius 1 is 1.27 bits per heavy atom. The largest absolute Gasteiger partial charge is 0.317 e. The Morgan fingerprint density at radius 2 is 2.13 bits per heavy atom. The summed E-state index contributed by atoms with van der Waals surface area (Å²) in [6, 6.07) is 8.72. The summed E-state index contributed by atoms with van der Waals surface area (Å²) < 4.78 is 0. The van der Waals surface area contributed by atoms with Gasteiger partial charge < -0.3 is 5.32 Å². The molecule has 0 amide bonds. The zero-order valence-electron chi connectivity index (χ0n) is 9.75. The Hall–Kier alpha value is -0.470. The van der Waals surface area contributed by atoms with Crippen molar-refractivity contribution in [2.45, 2.75) is 31.6 Å². The van der Waals surface area contributed by atoms with E-state index in [9.17, 15) is 0 Å². The molecule has 0 saturated heterocycles. The Labute approximate surface area is 97.7 Å². The number of aryl methyl sites for hydroxylation is 1. The molecule has 0 aliphatic carbocycles. The van der Waals surface area contributed by atoms with Gasteiger partial charge in [-0.05, 0) is 50.7 Å². The summed E-state index contributed by atoms with van der Waals surface area (Å²) in [4.78, 5) is 1.39. The van der Waals surface area contributed by atoms with Crippen LogP contribution in [-0.2, 0) is 0 Å². The van der Waals surface area contributed by atoms with Gasteiger partial charge in [-0.2, -0.15) is 0 Å². The lowest BCUT2D eigenvalue weighted by Gasteiger charge is -2.03. The Bertz CT molecular complexity index is 273. The van der Waals surface area contributed by atoms with Gasteiger partial charge in [0.15, 0.2) is 0 Å². The van der Waals surface area contributed by atoms with Crippen molar-refractivity contribution >= 4 is 11.8 Å². The maximum absolute atomic E-state index is 3.42. The second-order valence-electron chi connectivity index (χ2n) is 3.77. The highest BCUT2D eigenvalue weighted by Gasteiger charge is 1.94. The van der Waals surface area contributed by atoms with Gasteiger partial charge in [0.25, 0.3) is 0 Å². The van der Waals surface area contributed by atoms with Gasteiger partial charge in [-0.3, -0.25) is 0 Å². The van der Waals surface area contributed by atoms with E-state index in [1.807, 2.05) is 11.8 Å². The molecule has 0 radical (unpaired) electrons. The molecule has 0 aliphatic rings. The molecule has 84 valence electrons. The van der Waals surface area contributed by atoms with Crippen LogP contribution in [-0.4, -0.2) is 18.8 Å². The molecule has 1 aromatic carbocycles. The minimum absolute atomic E-state index is 1.15. The fraction of sp³-hybridized carbons (Fsp3) is 0.538. The Kier molecular flexibility index (Phi) is 6.53. The second kappa shape index (κ2) is 7.77. The van der Waals surface area contributed by atoms with Gasteiger partial charge in [0.05, 0.1) is 0 Å². The summed E-state index contributed by atoms with van der Waals surface area (Å²) in [5.41, 5.74) is 1.35. The maximum atomic E-state index is 3.42. The van der Waals surface area contributed by atoms with E-state index < -0.39 is 0 Å². The molecule has 1 N–H and O–H groups in total. The zero-order chi connectivity index (χ0) is 10.9. The SMILES string of the molecule is CCCNCCCSc1cccc(C)c1. The molecular formula is C13H21NS. The number of hydrogen-bond acceptors (Lipinski definition) is 2. The lowest BCUT2D eigenvalue weighted by atomic mass is 10.2. The maximum Gasteiger partial charge on any atom is 0.00745 e. The molecule has 0 aliphatic heterocycles. The smallest absolute Gasteiger partial charge is 0.00745 e.